The minimum absolute atomic E-state index is 0.220. The zero-order chi connectivity index (χ0) is 20.0. The first-order valence-corrected chi connectivity index (χ1v) is 10.1. The van der Waals surface area contributed by atoms with Crippen LogP contribution in [0.1, 0.15) is 32.4 Å². The predicted molar refractivity (Wildman–Crippen MR) is 104 cm³/mol. The number of nitrogens with zero attached hydrogens (tertiary/aromatic N) is 1. The van der Waals surface area contributed by atoms with Crippen molar-refractivity contribution in [2.75, 3.05) is 18.4 Å². The summed E-state index contributed by atoms with van der Waals surface area (Å²) >= 11 is 0. The van der Waals surface area contributed by atoms with E-state index < -0.39 is 16.1 Å². The molecule has 2 amide bonds. The van der Waals surface area contributed by atoms with E-state index in [0.717, 1.165) is 5.56 Å². The van der Waals surface area contributed by atoms with Gasteiger partial charge in [0, 0.05) is 18.8 Å². The van der Waals surface area contributed by atoms with Crippen LogP contribution in [-0.2, 0) is 10.0 Å². The van der Waals surface area contributed by atoms with E-state index in [9.17, 15) is 17.6 Å². The fourth-order valence-electron chi connectivity index (χ4n) is 2.62. The van der Waals surface area contributed by atoms with Gasteiger partial charge >= 0.3 is 6.03 Å². The number of hydrogen-bond donors (Lipinski definition) is 2. The molecule has 0 aliphatic rings. The minimum atomic E-state index is -3.51. The Morgan fingerprint density at radius 2 is 1.59 bits per heavy atom. The SMILES string of the molecule is CCN(CC)S(=O)(=O)c1ccc([C@@H](C)NC(=O)Nc2ccc(F)cc2)cc1. The third kappa shape index (κ3) is 5.27. The first kappa shape index (κ1) is 20.9. The molecule has 6 nitrogen and oxygen atoms in total. The molecule has 8 heteroatoms. The van der Waals surface area contributed by atoms with E-state index in [0.29, 0.717) is 18.8 Å². The second-order valence-electron chi connectivity index (χ2n) is 5.99. The van der Waals surface area contributed by atoms with E-state index >= 15 is 0 Å². The molecule has 2 aromatic carbocycles. The van der Waals surface area contributed by atoms with Crippen LogP contribution in [0, 0.1) is 5.82 Å². The Bertz CT molecular complexity index is 864. The molecule has 0 radical (unpaired) electrons. The van der Waals surface area contributed by atoms with Gasteiger partial charge in [-0.2, -0.15) is 4.31 Å². The van der Waals surface area contributed by atoms with Crippen LogP contribution in [0.2, 0.25) is 0 Å². The molecular weight excluding hydrogens is 369 g/mol. The van der Waals surface area contributed by atoms with Crippen molar-refractivity contribution in [1.29, 1.82) is 0 Å². The summed E-state index contributed by atoms with van der Waals surface area (Å²) in [4.78, 5) is 12.3. The van der Waals surface area contributed by atoms with Gasteiger partial charge in [0.1, 0.15) is 5.82 Å². The van der Waals surface area contributed by atoms with Gasteiger partial charge in [-0.15, -0.1) is 0 Å². The number of anilines is 1. The number of benzene rings is 2. The second-order valence-corrected chi connectivity index (χ2v) is 7.92. The number of hydrogen-bond acceptors (Lipinski definition) is 3. The monoisotopic (exact) mass is 393 g/mol. The maximum absolute atomic E-state index is 12.9. The van der Waals surface area contributed by atoms with Crippen LogP contribution in [0.15, 0.2) is 53.4 Å². The number of halogens is 1. The van der Waals surface area contributed by atoms with Gasteiger partial charge in [-0.1, -0.05) is 26.0 Å². The van der Waals surface area contributed by atoms with E-state index in [1.165, 1.54) is 28.6 Å². The van der Waals surface area contributed by atoms with Gasteiger partial charge in [-0.3, -0.25) is 0 Å². The Hall–Kier alpha value is -2.45. The summed E-state index contributed by atoms with van der Waals surface area (Å²) in [7, 11) is -3.51. The van der Waals surface area contributed by atoms with Crippen LogP contribution >= 0.6 is 0 Å². The highest BCUT2D eigenvalue weighted by Crippen LogP contribution is 2.19. The molecular formula is C19H24FN3O3S. The fourth-order valence-corrected chi connectivity index (χ4v) is 4.08. The first-order chi connectivity index (χ1) is 12.8. The van der Waals surface area contributed by atoms with Gasteiger partial charge in [-0.25, -0.2) is 17.6 Å². The Balaban J connectivity index is 2.03. The third-order valence-electron chi connectivity index (χ3n) is 4.17. The fraction of sp³-hybridized carbons (Fsp3) is 0.316. The molecule has 0 heterocycles. The number of sulfonamides is 1. The molecule has 146 valence electrons. The van der Waals surface area contributed by atoms with Crippen molar-refractivity contribution in [3.63, 3.8) is 0 Å². The smallest absolute Gasteiger partial charge is 0.319 e. The Labute approximate surface area is 159 Å². The predicted octanol–water partition coefficient (Wildman–Crippen LogP) is 3.74. The highest BCUT2D eigenvalue weighted by atomic mass is 32.2. The summed E-state index contributed by atoms with van der Waals surface area (Å²) < 4.78 is 39.3. The average molecular weight is 393 g/mol. The molecule has 0 fully saturated rings. The van der Waals surface area contributed by atoms with Crippen LogP contribution in [0.3, 0.4) is 0 Å². The van der Waals surface area contributed by atoms with Gasteiger partial charge in [0.2, 0.25) is 10.0 Å². The lowest BCUT2D eigenvalue weighted by Gasteiger charge is -2.19. The zero-order valence-electron chi connectivity index (χ0n) is 15.6. The lowest BCUT2D eigenvalue weighted by Crippen LogP contribution is -2.31. The zero-order valence-corrected chi connectivity index (χ0v) is 16.4. The molecule has 0 aliphatic heterocycles. The van der Waals surface area contributed by atoms with E-state index in [1.54, 1.807) is 45.0 Å². The number of rotatable bonds is 7. The third-order valence-corrected chi connectivity index (χ3v) is 6.24. The normalized spacial score (nSPS) is 12.6. The van der Waals surface area contributed by atoms with Crippen molar-refractivity contribution >= 4 is 21.7 Å². The molecule has 0 unspecified atom stereocenters. The second kappa shape index (κ2) is 8.96. The van der Waals surface area contributed by atoms with E-state index in [4.69, 9.17) is 0 Å². The van der Waals surface area contributed by atoms with Crippen molar-refractivity contribution in [2.45, 2.75) is 31.7 Å². The highest BCUT2D eigenvalue weighted by molar-refractivity contribution is 7.89. The van der Waals surface area contributed by atoms with Crippen molar-refractivity contribution in [1.82, 2.24) is 9.62 Å². The Morgan fingerprint density at radius 1 is 1.04 bits per heavy atom. The maximum Gasteiger partial charge on any atom is 0.319 e. The summed E-state index contributed by atoms with van der Waals surface area (Å²) in [6.45, 7) is 6.19. The van der Waals surface area contributed by atoms with E-state index in [-0.39, 0.29) is 16.8 Å². The van der Waals surface area contributed by atoms with Crippen molar-refractivity contribution in [2.24, 2.45) is 0 Å². The van der Waals surface area contributed by atoms with Crippen molar-refractivity contribution in [3.8, 4) is 0 Å². The summed E-state index contributed by atoms with van der Waals surface area (Å²) in [6.07, 6.45) is 0. The van der Waals surface area contributed by atoms with Crippen LogP contribution in [0.4, 0.5) is 14.9 Å². The van der Waals surface area contributed by atoms with Gasteiger partial charge in [-0.05, 0) is 48.9 Å². The first-order valence-electron chi connectivity index (χ1n) is 8.71. The van der Waals surface area contributed by atoms with Crippen LogP contribution in [0.5, 0.6) is 0 Å². The largest absolute Gasteiger partial charge is 0.331 e. The number of carbonyl (C=O) groups excluding carboxylic acids is 1. The molecule has 0 aliphatic carbocycles. The molecule has 0 bridgehead atoms. The van der Waals surface area contributed by atoms with Gasteiger partial charge in [0.25, 0.3) is 0 Å². The van der Waals surface area contributed by atoms with Gasteiger partial charge < -0.3 is 10.6 Å². The molecule has 2 aromatic rings. The highest BCUT2D eigenvalue weighted by Gasteiger charge is 2.21. The van der Waals surface area contributed by atoms with Crippen LogP contribution in [0.25, 0.3) is 0 Å². The summed E-state index contributed by atoms with van der Waals surface area (Å²) in [5.74, 6) is -0.380. The molecule has 2 rings (SSSR count). The standard InChI is InChI=1S/C19H24FN3O3S/c1-4-23(5-2)27(25,26)18-12-6-15(7-13-18)14(3)21-19(24)22-17-10-8-16(20)9-11-17/h6-14H,4-5H2,1-3H3,(H2,21,22,24)/t14-/m1/s1. The van der Waals surface area contributed by atoms with E-state index in [1.807, 2.05) is 0 Å². The maximum atomic E-state index is 12.9. The lowest BCUT2D eigenvalue weighted by atomic mass is 10.1. The molecule has 0 saturated heterocycles. The van der Waals surface area contributed by atoms with Gasteiger partial charge in [0.05, 0.1) is 10.9 Å². The Morgan fingerprint density at radius 3 is 2.11 bits per heavy atom. The van der Waals surface area contributed by atoms with E-state index in [2.05, 4.69) is 10.6 Å². The van der Waals surface area contributed by atoms with Crippen molar-refractivity contribution < 1.29 is 17.6 Å². The molecule has 0 saturated carbocycles. The quantitative estimate of drug-likeness (QED) is 0.752. The number of carbonyl (C=O) groups is 1. The minimum Gasteiger partial charge on any atom is -0.331 e. The Kier molecular flexibility index (Phi) is 6.92. The molecule has 0 spiro atoms. The summed E-state index contributed by atoms with van der Waals surface area (Å²) in [5, 5.41) is 5.38. The lowest BCUT2D eigenvalue weighted by molar-refractivity contribution is 0.249. The molecule has 1 atom stereocenters. The number of urea groups is 1. The summed E-state index contributed by atoms with van der Waals surface area (Å²) in [6, 6.07) is 11.1. The number of nitrogens with one attached hydrogen (secondary N) is 2. The van der Waals surface area contributed by atoms with Gasteiger partial charge in [0.15, 0.2) is 0 Å². The topological polar surface area (TPSA) is 78.5 Å². The average Bonchev–Trinajstić information content (AvgIpc) is 2.64. The van der Waals surface area contributed by atoms with Crippen LogP contribution < -0.4 is 10.6 Å². The molecule has 27 heavy (non-hydrogen) atoms. The molecule has 0 aromatic heterocycles. The molecule has 2 N–H and O–H groups in total. The number of amides is 2. The van der Waals surface area contributed by atoms with Crippen LogP contribution in [-0.4, -0.2) is 31.8 Å². The van der Waals surface area contributed by atoms with Crippen molar-refractivity contribution in [3.05, 3.63) is 59.9 Å². The summed E-state index contributed by atoms with van der Waals surface area (Å²) in [5.41, 5.74) is 1.24.